The van der Waals surface area contributed by atoms with E-state index in [1.54, 1.807) is 12.3 Å². The fourth-order valence-corrected chi connectivity index (χ4v) is 3.50. The maximum atomic E-state index is 11.9. The van der Waals surface area contributed by atoms with Gasteiger partial charge in [0.15, 0.2) is 5.50 Å². The molecule has 3 N–H and O–H groups in total. The number of thioether (sulfide) groups is 1. The second kappa shape index (κ2) is 9.29. The molecule has 1 atom stereocenters. The average molecular weight is 439 g/mol. The van der Waals surface area contributed by atoms with E-state index in [4.69, 9.17) is 15.8 Å². The number of allylic oxidation sites excluding steroid dienone is 1. The van der Waals surface area contributed by atoms with E-state index in [0.717, 1.165) is 16.6 Å². The third-order valence-corrected chi connectivity index (χ3v) is 5.13. The first kappa shape index (κ1) is 21.8. The number of rotatable bonds is 7. The van der Waals surface area contributed by atoms with Crippen molar-refractivity contribution in [3.63, 3.8) is 0 Å². The summed E-state index contributed by atoms with van der Waals surface area (Å²) in [6, 6.07) is 14.6. The summed E-state index contributed by atoms with van der Waals surface area (Å²) in [6.45, 7) is 0. The van der Waals surface area contributed by atoms with Gasteiger partial charge in [0.2, 0.25) is 0 Å². The third kappa shape index (κ3) is 4.66. The molecule has 1 heterocycles. The smallest absolute Gasteiger partial charge is 0.351 e. The summed E-state index contributed by atoms with van der Waals surface area (Å²) in [5.41, 5.74) is -0.462. The molecule has 158 valence electrons. The van der Waals surface area contributed by atoms with Gasteiger partial charge in [-0.25, -0.2) is 20.6 Å². The van der Waals surface area contributed by atoms with Crippen molar-refractivity contribution in [3.05, 3.63) is 86.9 Å². The highest BCUT2D eigenvalue weighted by atomic mass is 32.2. The maximum absolute atomic E-state index is 11.9. The number of ether oxygens (including phenoxy) is 1. The van der Waals surface area contributed by atoms with Gasteiger partial charge in [-0.15, -0.1) is 11.8 Å². The van der Waals surface area contributed by atoms with Crippen LogP contribution in [0.25, 0.3) is 0 Å². The van der Waals surface area contributed by atoms with Gasteiger partial charge in [-0.3, -0.25) is 10.1 Å². The Labute approximate surface area is 181 Å². The molecular formula is C20H17N5O5S. The summed E-state index contributed by atoms with van der Waals surface area (Å²) < 4.78 is 5.70. The fourth-order valence-electron chi connectivity index (χ4n) is 2.94. The molecule has 2 aromatic carbocycles. The molecule has 1 aliphatic rings. The topological polar surface area (TPSA) is 155 Å². The molecule has 0 radical (unpaired) electrons. The lowest BCUT2D eigenvalue weighted by molar-refractivity contribution is -0.419. The molecule has 11 heteroatoms. The molecule has 10 nitrogen and oxygen atoms in total. The van der Waals surface area contributed by atoms with E-state index in [-0.39, 0.29) is 34.9 Å². The minimum absolute atomic E-state index is 0.0120. The molecule has 0 aromatic heterocycles. The van der Waals surface area contributed by atoms with E-state index in [1.165, 1.54) is 23.9 Å². The predicted molar refractivity (Wildman–Crippen MR) is 114 cm³/mol. The fraction of sp³-hybridized carbons (Fsp3) is 0.150. The molecule has 0 saturated heterocycles. The number of aromatic carboxylic acids is 1. The van der Waals surface area contributed by atoms with E-state index in [9.17, 15) is 20.0 Å². The van der Waals surface area contributed by atoms with Crippen LogP contribution in [0.15, 0.2) is 65.1 Å². The predicted octanol–water partition coefficient (Wildman–Crippen LogP) is 2.60. The zero-order valence-electron chi connectivity index (χ0n) is 16.3. The Morgan fingerprint density at radius 2 is 2.10 bits per heavy atom. The van der Waals surface area contributed by atoms with Gasteiger partial charge in [-0.05, 0) is 30.0 Å². The summed E-state index contributed by atoms with van der Waals surface area (Å²) in [6.07, 6.45) is 1.93. The van der Waals surface area contributed by atoms with Crippen LogP contribution in [0.5, 0.6) is 5.75 Å². The van der Waals surface area contributed by atoms with Crippen molar-refractivity contribution >= 4 is 23.4 Å². The molecular weight excluding hydrogens is 422 g/mol. The quantitative estimate of drug-likeness (QED) is 0.376. The number of nitrogens with zero attached hydrogens (tertiary/aromatic N) is 4. The Bertz CT molecular complexity index is 1130. The Morgan fingerprint density at radius 1 is 1.39 bits per heavy atom. The first-order chi connectivity index (χ1) is 14.8. The molecule has 2 aromatic rings. The Balaban J connectivity index is 2.08. The van der Waals surface area contributed by atoms with Crippen LogP contribution in [0.3, 0.4) is 0 Å². The first-order valence-electron chi connectivity index (χ1n) is 8.87. The van der Waals surface area contributed by atoms with E-state index < -0.39 is 22.1 Å². The summed E-state index contributed by atoms with van der Waals surface area (Å²) in [5, 5.41) is 31.4. The molecule has 3 rings (SSSR count). The standard InChI is InChI=1S/C20H17N5O5S/c1-31-20-23-16(9-12-5-3-2-4-6-12)17(25(28)29)18(24(20)22)30-14-8-7-13(11-21)15(10-14)19(26)27/h2-8,10,20H,9,22H2,1H3,(H,26,27). The number of carbonyl (C=O) groups is 1. The monoisotopic (exact) mass is 439 g/mol. The number of carboxylic acid groups (broad SMARTS) is 1. The number of benzene rings is 2. The molecule has 1 aliphatic heterocycles. The SMILES string of the molecule is CSC1N=C(Cc2ccccc2)C([N+](=O)[O-])=C(Oc2ccc(C#N)c(C(=O)O)c2)N1N. The van der Waals surface area contributed by atoms with Crippen LogP contribution >= 0.6 is 11.8 Å². The van der Waals surface area contributed by atoms with Gasteiger partial charge < -0.3 is 9.84 Å². The lowest BCUT2D eigenvalue weighted by Crippen LogP contribution is -2.45. The number of nitro groups is 1. The number of carboxylic acids is 1. The number of nitriles is 1. The second-order valence-electron chi connectivity index (χ2n) is 6.34. The van der Waals surface area contributed by atoms with Crippen molar-refractivity contribution in [2.75, 3.05) is 6.26 Å². The Hall–Kier alpha value is -3.88. The van der Waals surface area contributed by atoms with Gasteiger partial charge in [0, 0.05) is 6.42 Å². The van der Waals surface area contributed by atoms with Crippen LogP contribution in [-0.2, 0) is 6.42 Å². The maximum Gasteiger partial charge on any atom is 0.351 e. The molecule has 0 fully saturated rings. The van der Waals surface area contributed by atoms with E-state index in [0.29, 0.717) is 0 Å². The van der Waals surface area contributed by atoms with E-state index in [2.05, 4.69) is 4.99 Å². The lowest BCUT2D eigenvalue weighted by Gasteiger charge is -2.30. The highest BCUT2D eigenvalue weighted by Crippen LogP contribution is 2.29. The van der Waals surface area contributed by atoms with Crippen LogP contribution in [0.2, 0.25) is 0 Å². The summed E-state index contributed by atoms with van der Waals surface area (Å²) in [5.74, 6) is 4.46. The largest absolute Gasteiger partial charge is 0.478 e. The van der Waals surface area contributed by atoms with Crippen molar-refractivity contribution in [3.8, 4) is 11.8 Å². The minimum Gasteiger partial charge on any atom is -0.478 e. The Kier molecular flexibility index (Phi) is 6.54. The molecule has 31 heavy (non-hydrogen) atoms. The number of hydrazine groups is 1. The highest BCUT2D eigenvalue weighted by molar-refractivity contribution is 7.99. The zero-order chi connectivity index (χ0) is 22.5. The summed E-state index contributed by atoms with van der Waals surface area (Å²) in [7, 11) is 0. The molecule has 0 bridgehead atoms. The number of hydrogen-bond acceptors (Lipinski definition) is 9. The molecule has 1 unspecified atom stereocenters. The number of hydrogen-bond donors (Lipinski definition) is 2. The van der Waals surface area contributed by atoms with Gasteiger partial charge in [0.1, 0.15) is 17.5 Å². The lowest BCUT2D eigenvalue weighted by atomic mass is 10.1. The number of aliphatic imine (C=N–C) groups is 1. The average Bonchev–Trinajstić information content (AvgIpc) is 2.76. The van der Waals surface area contributed by atoms with Crippen LogP contribution in [0.1, 0.15) is 21.5 Å². The van der Waals surface area contributed by atoms with Crippen molar-refractivity contribution in [2.45, 2.75) is 11.9 Å². The van der Waals surface area contributed by atoms with Gasteiger partial charge >= 0.3 is 11.7 Å². The van der Waals surface area contributed by atoms with Crippen LogP contribution in [0.4, 0.5) is 0 Å². The first-order valence-corrected chi connectivity index (χ1v) is 10.2. The van der Waals surface area contributed by atoms with Gasteiger partial charge in [-0.1, -0.05) is 30.3 Å². The van der Waals surface area contributed by atoms with Crippen molar-refractivity contribution in [1.29, 1.82) is 5.26 Å². The van der Waals surface area contributed by atoms with Gasteiger partial charge in [-0.2, -0.15) is 5.26 Å². The van der Waals surface area contributed by atoms with Gasteiger partial charge in [0.25, 0.3) is 5.88 Å². The third-order valence-electron chi connectivity index (χ3n) is 4.38. The summed E-state index contributed by atoms with van der Waals surface area (Å²) >= 11 is 1.25. The zero-order valence-corrected chi connectivity index (χ0v) is 17.1. The highest BCUT2D eigenvalue weighted by Gasteiger charge is 2.38. The van der Waals surface area contributed by atoms with Crippen LogP contribution in [-0.4, -0.2) is 38.5 Å². The van der Waals surface area contributed by atoms with E-state index >= 15 is 0 Å². The molecule has 0 saturated carbocycles. The van der Waals surface area contributed by atoms with Crippen molar-refractivity contribution < 1.29 is 19.6 Å². The van der Waals surface area contributed by atoms with Gasteiger partial charge in [0.05, 0.1) is 16.1 Å². The van der Waals surface area contributed by atoms with E-state index in [1.807, 2.05) is 30.3 Å². The van der Waals surface area contributed by atoms with Crippen LogP contribution < -0.4 is 10.6 Å². The molecule has 0 aliphatic carbocycles. The number of nitrogens with two attached hydrogens (primary N) is 1. The molecule has 0 spiro atoms. The minimum atomic E-state index is -1.33. The second-order valence-corrected chi connectivity index (χ2v) is 7.24. The van der Waals surface area contributed by atoms with Crippen molar-refractivity contribution in [2.24, 2.45) is 10.8 Å². The Morgan fingerprint density at radius 3 is 2.68 bits per heavy atom. The summed E-state index contributed by atoms with van der Waals surface area (Å²) in [4.78, 5) is 27.1. The van der Waals surface area contributed by atoms with Crippen molar-refractivity contribution in [1.82, 2.24) is 5.01 Å². The molecule has 0 amide bonds. The normalized spacial score (nSPS) is 15.8. The van der Waals surface area contributed by atoms with Crippen LogP contribution in [0, 0.1) is 21.4 Å².